The van der Waals surface area contributed by atoms with Crippen LogP contribution in [-0.2, 0) is 13.0 Å². The van der Waals surface area contributed by atoms with Crippen molar-refractivity contribution in [2.75, 3.05) is 6.54 Å². The Labute approximate surface area is 183 Å². The summed E-state index contributed by atoms with van der Waals surface area (Å²) >= 11 is 6.00. The second-order valence-corrected chi connectivity index (χ2v) is 6.52. The van der Waals surface area contributed by atoms with Gasteiger partial charge in [-0.2, -0.15) is 0 Å². The molecule has 0 aliphatic carbocycles. The number of benzene rings is 3. The van der Waals surface area contributed by atoms with Crippen LogP contribution in [-0.4, -0.2) is 12.4 Å². The van der Waals surface area contributed by atoms with Gasteiger partial charge in [0, 0.05) is 17.1 Å². The fourth-order valence-electron chi connectivity index (χ4n) is 2.66. The Balaban J connectivity index is 0.00000196. The molecule has 0 fully saturated rings. The molecule has 0 atom stereocenters. The van der Waals surface area contributed by atoms with Gasteiger partial charge in [0.25, 0.3) is 0 Å². The predicted molar refractivity (Wildman–Crippen MR) is 125 cm³/mol. The number of halogens is 3. The highest BCUT2D eigenvalue weighted by Crippen LogP contribution is 2.15. The van der Waals surface area contributed by atoms with Crippen molar-refractivity contribution in [1.29, 1.82) is 0 Å². The highest BCUT2D eigenvalue weighted by molar-refractivity contribution is 6.30. The van der Waals surface area contributed by atoms with E-state index >= 15 is 0 Å². The first kappa shape index (κ1) is 24.0. The molecule has 0 aromatic heterocycles. The van der Waals surface area contributed by atoms with Crippen LogP contribution in [0.15, 0.2) is 83.9 Å². The van der Waals surface area contributed by atoms with Crippen LogP contribution in [0.5, 0.6) is 0 Å². The maximum atomic E-state index is 6.06. The lowest BCUT2D eigenvalue weighted by atomic mass is 10.1. The molecule has 0 bridgehead atoms. The minimum Gasteiger partial charge on any atom is -0.383 e. The van der Waals surface area contributed by atoms with E-state index in [2.05, 4.69) is 28.5 Å². The molecule has 3 aromatic rings. The third kappa shape index (κ3) is 7.53. The van der Waals surface area contributed by atoms with Crippen molar-refractivity contribution in [3.8, 4) is 0 Å². The molecule has 3 nitrogen and oxygen atoms in total. The molecular weight excluding hydrogens is 413 g/mol. The molecule has 0 aliphatic heterocycles. The fourth-order valence-corrected chi connectivity index (χ4v) is 2.87. The van der Waals surface area contributed by atoms with Crippen molar-refractivity contribution in [1.82, 2.24) is 5.32 Å². The average Bonchev–Trinajstić information content (AvgIpc) is 2.67. The first-order chi connectivity index (χ1) is 12.7. The zero-order valence-electron chi connectivity index (χ0n) is 15.3. The van der Waals surface area contributed by atoms with Gasteiger partial charge in [0.15, 0.2) is 0 Å². The molecule has 148 valence electrons. The van der Waals surface area contributed by atoms with Gasteiger partial charge < -0.3 is 11.1 Å². The zero-order chi connectivity index (χ0) is 18.2. The Kier molecular flexibility index (Phi) is 10.6. The van der Waals surface area contributed by atoms with E-state index in [1.54, 1.807) is 0 Å². The summed E-state index contributed by atoms with van der Waals surface area (Å²) in [6.07, 6.45) is 0.957. The molecule has 0 aliphatic rings. The van der Waals surface area contributed by atoms with Crippen molar-refractivity contribution in [2.45, 2.75) is 13.0 Å². The SMILES string of the molecule is Cl.Cl.NC(=Nc1ccc(CCNCc2cccc(Cl)c2)cc1)c1ccccc1. The van der Waals surface area contributed by atoms with Crippen LogP contribution < -0.4 is 11.1 Å². The number of rotatable bonds is 7. The van der Waals surface area contributed by atoms with Gasteiger partial charge >= 0.3 is 0 Å². The standard InChI is InChI=1S/C22H22ClN3.2ClH/c23-20-8-4-5-18(15-20)16-25-14-13-17-9-11-21(12-10-17)26-22(24)19-6-2-1-3-7-19;;/h1-12,15,25H,13-14,16H2,(H2,24,26);2*1H. The minimum absolute atomic E-state index is 0. The van der Waals surface area contributed by atoms with E-state index in [0.717, 1.165) is 35.8 Å². The third-order valence-electron chi connectivity index (χ3n) is 4.06. The van der Waals surface area contributed by atoms with Crippen LogP contribution in [0.1, 0.15) is 16.7 Å². The third-order valence-corrected chi connectivity index (χ3v) is 4.30. The number of hydrogen-bond donors (Lipinski definition) is 2. The van der Waals surface area contributed by atoms with Crippen LogP contribution in [0.3, 0.4) is 0 Å². The van der Waals surface area contributed by atoms with Crippen LogP contribution in [0.4, 0.5) is 5.69 Å². The Morgan fingerprint density at radius 2 is 1.57 bits per heavy atom. The summed E-state index contributed by atoms with van der Waals surface area (Å²) in [6, 6.07) is 25.9. The van der Waals surface area contributed by atoms with Gasteiger partial charge in [0.05, 0.1) is 5.69 Å². The molecule has 0 heterocycles. The summed E-state index contributed by atoms with van der Waals surface area (Å²) in [5.74, 6) is 0.529. The zero-order valence-corrected chi connectivity index (χ0v) is 17.7. The smallest absolute Gasteiger partial charge is 0.131 e. The van der Waals surface area contributed by atoms with Crippen molar-refractivity contribution in [3.63, 3.8) is 0 Å². The molecule has 0 unspecified atom stereocenters. The first-order valence-corrected chi connectivity index (χ1v) is 9.02. The number of hydrogen-bond acceptors (Lipinski definition) is 2. The van der Waals surface area contributed by atoms with Crippen molar-refractivity contribution < 1.29 is 0 Å². The maximum Gasteiger partial charge on any atom is 0.131 e. The van der Waals surface area contributed by atoms with Gasteiger partial charge in [-0.3, -0.25) is 0 Å². The van der Waals surface area contributed by atoms with Gasteiger partial charge in [-0.25, -0.2) is 4.99 Å². The van der Waals surface area contributed by atoms with Gasteiger partial charge in [-0.05, 0) is 48.4 Å². The number of nitrogens with zero attached hydrogens (tertiary/aromatic N) is 1. The van der Waals surface area contributed by atoms with E-state index in [1.165, 1.54) is 11.1 Å². The summed E-state index contributed by atoms with van der Waals surface area (Å²) in [5.41, 5.74) is 10.3. The molecule has 6 heteroatoms. The number of nitrogens with one attached hydrogen (secondary N) is 1. The van der Waals surface area contributed by atoms with E-state index in [9.17, 15) is 0 Å². The van der Waals surface area contributed by atoms with Gasteiger partial charge in [-0.1, -0.05) is 66.2 Å². The molecule has 0 saturated carbocycles. The summed E-state index contributed by atoms with van der Waals surface area (Å²) in [4.78, 5) is 4.48. The molecule has 28 heavy (non-hydrogen) atoms. The number of aliphatic imine (C=N–C) groups is 1. The summed E-state index contributed by atoms with van der Waals surface area (Å²) < 4.78 is 0. The van der Waals surface area contributed by atoms with E-state index in [0.29, 0.717) is 5.84 Å². The summed E-state index contributed by atoms with van der Waals surface area (Å²) in [6.45, 7) is 1.72. The molecular formula is C22H24Cl3N3. The van der Waals surface area contributed by atoms with Gasteiger partial charge in [0.2, 0.25) is 0 Å². The molecule has 3 aromatic carbocycles. The van der Waals surface area contributed by atoms with Crippen LogP contribution in [0, 0.1) is 0 Å². The number of amidine groups is 1. The first-order valence-electron chi connectivity index (χ1n) is 8.64. The topological polar surface area (TPSA) is 50.4 Å². The van der Waals surface area contributed by atoms with Crippen LogP contribution in [0.2, 0.25) is 5.02 Å². The summed E-state index contributed by atoms with van der Waals surface area (Å²) in [5, 5.41) is 4.21. The second kappa shape index (κ2) is 12.4. The average molecular weight is 437 g/mol. The monoisotopic (exact) mass is 435 g/mol. The van der Waals surface area contributed by atoms with Gasteiger partial charge in [-0.15, -0.1) is 24.8 Å². The Morgan fingerprint density at radius 3 is 2.25 bits per heavy atom. The Bertz CT molecular complexity index is 866. The van der Waals surface area contributed by atoms with Crippen molar-refractivity contribution in [2.24, 2.45) is 10.7 Å². The van der Waals surface area contributed by atoms with Crippen LogP contribution in [0.25, 0.3) is 0 Å². The van der Waals surface area contributed by atoms with Gasteiger partial charge in [0.1, 0.15) is 5.84 Å². The lowest BCUT2D eigenvalue weighted by Crippen LogP contribution is -2.16. The molecule has 0 spiro atoms. The molecule has 3 rings (SSSR count). The number of nitrogens with two attached hydrogens (primary N) is 1. The van der Waals surface area contributed by atoms with E-state index in [-0.39, 0.29) is 24.8 Å². The van der Waals surface area contributed by atoms with E-state index in [1.807, 2.05) is 60.7 Å². The van der Waals surface area contributed by atoms with Crippen LogP contribution >= 0.6 is 36.4 Å². The maximum absolute atomic E-state index is 6.06. The van der Waals surface area contributed by atoms with E-state index < -0.39 is 0 Å². The predicted octanol–water partition coefficient (Wildman–Crippen LogP) is 5.55. The largest absolute Gasteiger partial charge is 0.383 e. The lowest BCUT2D eigenvalue weighted by Gasteiger charge is -2.06. The Hall–Kier alpha value is -2.04. The second-order valence-electron chi connectivity index (χ2n) is 6.09. The quantitative estimate of drug-likeness (QED) is 0.290. The fraction of sp³-hybridized carbons (Fsp3) is 0.136. The minimum atomic E-state index is 0. The molecule has 0 radical (unpaired) electrons. The molecule has 0 saturated heterocycles. The highest BCUT2D eigenvalue weighted by Gasteiger charge is 1.99. The highest BCUT2D eigenvalue weighted by atomic mass is 35.5. The van der Waals surface area contributed by atoms with E-state index in [4.69, 9.17) is 17.3 Å². The Morgan fingerprint density at radius 1 is 0.857 bits per heavy atom. The normalized spacial score (nSPS) is 10.7. The lowest BCUT2D eigenvalue weighted by molar-refractivity contribution is 0.687. The molecule has 3 N–H and O–H groups in total. The van der Waals surface area contributed by atoms with Crippen molar-refractivity contribution in [3.05, 3.63) is 101 Å². The summed E-state index contributed by atoms with van der Waals surface area (Å²) in [7, 11) is 0. The van der Waals surface area contributed by atoms with Crippen molar-refractivity contribution >= 4 is 47.9 Å². The molecule has 0 amide bonds.